The van der Waals surface area contributed by atoms with Crippen LogP contribution in [0.3, 0.4) is 0 Å². The number of carbonyl (C=O) groups is 1. The smallest absolute Gasteiger partial charge is 0.252 e. The minimum atomic E-state index is -0.173. The summed E-state index contributed by atoms with van der Waals surface area (Å²) in [6.07, 6.45) is 0.828. The average molecular weight is 300 g/mol. The number of rotatable bonds is 4. The molecule has 0 radical (unpaired) electrons. The summed E-state index contributed by atoms with van der Waals surface area (Å²) >= 11 is 13.4. The van der Waals surface area contributed by atoms with Gasteiger partial charge >= 0.3 is 0 Å². The second-order valence-corrected chi connectivity index (χ2v) is 5.59. The molecule has 1 heterocycles. The van der Waals surface area contributed by atoms with E-state index in [1.165, 1.54) is 4.88 Å². The molecule has 2 aromatic rings. The van der Waals surface area contributed by atoms with E-state index < -0.39 is 0 Å². The second kappa shape index (κ2) is 6.23. The fourth-order valence-electron chi connectivity index (χ4n) is 1.52. The number of thiophene rings is 1. The maximum absolute atomic E-state index is 11.9. The van der Waals surface area contributed by atoms with Crippen LogP contribution in [0.25, 0.3) is 0 Å². The zero-order valence-electron chi connectivity index (χ0n) is 9.45. The molecule has 0 unspecified atom stereocenters. The lowest BCUT2D eigenvalue weighted by molar-refractivity contribution is 0.0954. The molecule has 0 atom stereocenters. The van der Waals surface area contributed by atoms with Gasteiger partial charge in [0, 0.05) is 16.4 Å². The summed E-state index contributed by atoms with van der Waals surface area (Å²) in [6.45, 7) is 0.596. The van der Waals surface area contributed by atoms with Gasteiger partial charge in [0.05, 0.1) is 10.6 Å². The third-order valence-corrected chi connectivity index (χ3v) is 3.90. The van der Waals surface area contributed by atoms with Gasteiger partial charge < -0.3 is 5.32 Å². The number of benzene rings is 1. The van der Waals surface area contributed by atoms with Gasteiger partial charge in [0.2, 0.25) is 0 Å². The van der Waals surface area contributed by atoms with Crippen molar-refractivity contribution >= 4 is 40.4 Å². The first-order valence-corrected chi connectivity index (χ1v) is 7.06. The van der Waals surface area contributed by atoms with E-state index in [4.69, 9.17) is 23.2 Å². The largest absolute Gasteiger partial charge is 0.352 e. The molecule has 0 aliphatic heterocycles. The van der Waals surface area contributed by atoms with Crippen LogP contribution in [-0.2, 0) is 6.42 Å². The zero-order chi connectivity index (χ0) is 13.0. The highest BCUT2D eigenvalue weighted by atomic mass is 35.5. The summed E-state index contributed by atoms with van der Waals surface area (Å²) in [5.74, 6) is -0.173. The van der Waals surface area contributed by atoms with Crippen molar-refractivity contribution < 1.29 is 4.79 Å². The van der Waals surface area contributed by atoms with Gasteiger partial charge in [-0.15, -0.1) is 11.3 Å². The molecular weight excluding hydrogens is 289 g/mol. The van der Waals surface area contributed by atoms with Crippen LogP contribution < -0.4 is 5.32 Å². The highest BCUT2D eigenvalue weighted by Crippen LogP contribution is 2.20. The monoisotopic (exact) mass is 299 g/mol. The molecule has 1 N–H and O–H groups in total. The molecule has 5 heteroatoms. The van der Waals surface area contributed by atoms with Gasteiger partial charge in [-0.05, 0) is 36.1 Å². The molecule has 2 nitrogen and oxygen atoms in total. The lowest BCUT2D eigenvalue weighted by atomic mass is 10.2. The summed E-state index contributed by atoms with van der Waals surface area (Å²) in [6, 6.07) is 8.90. The van der Waals surface area contributed by atoms with Gasteiger partial charge in [-0.2, -0.15) is 0 Å². The number of hydrogen-bond acceptors (Lipinski definition) is 2. The van der Waals surface area contributed by atoms with E-state index in [9.17, 15) is 4.79 Å². The van der Waals surface area contributed by atoms with Crippen LogP contribution in [0, 0.1) is 0 Å². The Morgan fingerprint density at radius 1 is 1.28 bits per heavy atom. The Bertz CT molecular complexity index is 540. The van der Waals surface area contributed by atoms with Crippen molar-refractivity contribution in [1.29, 1.82) is 0 Å². The summed E-state index contributed by atoms with van der Waals surface area (Å²) in [5, 5.41) is 5.75. The average Bonchev–Trinajstić information content (AvgIpc) is 2.81. The molecule has 0 spiro atoms. The minimum Gasteiger partial charge on any atom is -0.352 e. The van der Waals surface area contributed by atoms with Gasteiger partial charge in [-0.1, -0.05) is 29.3 Å². The fraction of sp³-hybridized carbons (Fsp3) is 0.154. The first-order chi connectivity index (χ1) is 8.66. The van der Waals surface area contributed by atoms with E-state index in [1.54, 1.807) is 29.5 Å². The van der Waals surface area contributed by atoms with Crippen LogP contribution in [0.2, 0.25) is 10.0 Å². The number of nitrogens with one attached hydrogen (secondary N) is 1. The summed E-state index contributed by atoms with van der Waals surface area (Å²) < 4.78 is 0. The third-order valence-electron chi connectivity index (χ3n) is 2.41. The van der Waals surface area contributed by atoms with Crippen LogP contribution in [0.4, 0.5) is 0 Å². The maximum atomic E-state index is 11.9. The SMILES string of the molecule is O=C(NCCc1cccs1)c1ccc(Cl)cc1Cl. The van der Waals surface area contributed by atoms with Crippen molar-refractivity contribution in [2.75, 3.05) is 6.54 Å². The van der Waals surface area contributed by atoms with Crippen molar-refractivity contribution in [2.45, 2.75) is 6.42 Å². The van der Waals surface area contributed by atoms with Gasteiger partial charge in [-0.3, -0.25) is 4.79 Å². The Balaban J connectivity index is 1.91. The Morgan fingerprint density at radius 3 is 2.78 bits per heavy atom. The maximum Gasteiger partial charge on any atom is 0.252 e. The first-order valence-electron chi connectivity index (χ1n) is 5.42. The van der Waals surface area contributed by atoms with Crippen LogP contribution in [0.5, 0.6) is 0 Å². The highest BCUT2D eigenvalue weighted by Gasteiger charge is 2.09. The Hall–Kier alpha value is -1.03. The van der Waals surface area contributed by atoms with Crippen molar-refractivity contribution in [3.63, 3.8) is 0 Å². The molecule has 1 aromatic heterocycles. The summed E-state index contributed by atoms with van der Waals surface area (Å²) in [7, 11) is 0. The van der Waals surface area contributed by atoms with E-state index in [2.05, 4.69) is 5.32 Å². The molecule has 1 aromatic carbocycles. The molecule has 0 fully saturated rings. The van der Waals surface area contributed by atoms with Crippen LogP contribution >= 0.6 is 34.5 Å². The van der Waals surface area contributed by atoms with E-state index >= 15 is 0 Å². The van der Waals surface area contributed by atoms with Gasteiger partial charge in [-0.25, -0.2) is 0 Å². The van der Waals surface area contributed by atoms with E-state index in [1.807, 2.05) is 17.5 Å². The minimum absolute atomic E-state index is 0.173. The normalized spacial score (nSPS) is 10.3. The first kappa shape index (κ1) is 13.4. The van der Waals surface area contributed by atoms with E-state index in [0.717, 1.165) is 6.42 Å². The quantitative estimate of drug-likeness (QED) is 0.907. The zero-order valence-corrected chi connectivity index (χ0v) is 11.8. The van der Waals surface area contributed by atoms with Crippen LogP contribution in [0.1, 0.15) is 15.2 Å². The standard InChI is InChI=1S/C13H11Cl2NOS/c14-9-3-4-11(12(15)8-9)13(17)16-6-5-10-2-1-7-18-10/h1-4,7-8H,5-6H2,(H,16,17). The molecular formula is C13H11Cl2NOS. The lowest BCUT2D eigenvalue weighted by Gasteiger charge is -2.06. The molecule has 18 heavy (non-hydrogen) atoms. The van der Waals surface area contributed by atoms with Crippen molar-refractivity contribution in [2.24, 2.45) is 0 Å². The Kier molecular flexibility index (Phi) is 4.64. The van der Waals surface area contributed by atoms with Gasteiger partial charge in [0.1, 0.15) is 0 Å². The van der Waals surface area contributed by atoms with E-state index in [-0.39, 0.29) is 5.91 Å². The second-order valence-electron chi connectivity index (χ2n) is 3.71. The number of amides is 1. The van der Waals surface area contributed by atoms with Gasteiger partial charge in [0.15, 0.2) is 0 Å². The topological polar surface area (TPSA) is 29.1 Å². The Morgan fingerprint density at radius 2 is 2.11 bits per heavy atom. The third kappa shape index (κ3) is 3.48. The fourth-order valence-corrected chi connectivity index (χ4v) is 2.73. The van der Waals surface area contributed by atoms with E-state index in [0.29, 0.717) is 22.2 Å². The molecule has 0 aliphatic rings. The number of halogens is 2. The summed E-state index contributed by atoms with van der Waals surface area (Å²) in [4.78, 5) is 13.1. The predicted molar refractivity (Wildman–Crippen MR) is 76.8 cm³/mol. The van der Waals surface area contributed by atoms with Crippen LogP contribution in [-0.4, -0.2) is 12.5 Å². The predicted octanol–water partition coefficient (Wildman–Crippen LogP) is 4.03. The molecule has 1 amide bonds. The molecule has 2 rings (SSSR count). The lowest BCUT2D eigenvalue weighted by Crippen LogP contribution is -2.25. The number of carbonyl (C=O) groups excluding carboxylic acids is 1. The molecule has 0 aliphatic carbocycles. The molecule has 0 saturated carbocycles. The van der Waals surface area contributed by atoms with Crippen molar-refractivity contribution in [3.8, 4) is 0 Å². The molecule has 94 valence electrons. The molecule has 0 bridgehead atoms. The highest BCUT2D eigenvalue weighted by molar-refractivity contribution is 7.09. The van der Waals surface area contributed by atoms with Crippen molar-refractivity contribution in [1.82, 2.24) is 5.32 Å². The van der Waals surface area contributed by atoms with Gasteiger partial charge in [0.25, 0.3) is 5.91 Å². The van der Waals surface area contributed by atoms with Crippen molar-refractivity contribution in [3.05, 3.63) is 56.2 Å². The Labute approximate surface area is 120 Å². The molecule has 0 saturated heterocycles. The number of hydrogen-bond donors (Lipinski definition) is 1. The summed E-state index contributed by atoms with van der Waals surface area (Å²) in [5.41, 5.74) is 0.451. The van der Waals surface area contributed by atoms with Crippen LogP contribution in [0.15, 0.2) is 35.7 Å².